The molecule has 0 aliphatic carbocycles. The molecule has 0 radical (unpaired) electrons. The predicted molar refractivity (Wildman–Crippen MR) is 101 cm³/mol. The molecule has 1 N–H and O–H groups in total. The van der Waals surface area contributed by atoms with Crippen molar-refractivity contribution < 1.29 is 4.79 Å². The molecule has 0 saturated heterocycles. The van der Waals surface area contributed by atoms with Gasteiger partial charge in [-0.3, -0.25) is 9.78 Å². The van der Waals surface area contributed by atoms with Gasteiger partial charge in [0.05, 0.1) is 5.56 Å². The molecule has 1 aromatic carbocycles. The van der Waals surface area contributed by atoms with E-state index in [0.29, 0.717) is 17.8 Å². The number of hydrogen-bond acceptors (Lipinski definition) is 3. The number of carbonyl (C=O) groups excluding carboxylic acids is 1. The lowest BCUT2D eigenvalue weighted by molar-refractivity contribution is 0.0787. The molecule has 0 fully saturated rings. The number of benzene rings is 1. The van der Waals surface area contributed by atoms with Gasteiger partial charge in [0.25, 0.3) is 5.91 Å². The fourth-order valence-electron chi connectivity index (χ4n) is 2.94. The highest BCUT2D eigenvalue weighted by atomic mass is 79.9. The van der Waals surface area contributed by atoms with E-state index in [2.05, 4.69) is 36.9 Å². The van der Waals surface area contributed by atoms with Crippen LogP contribution < -0.4 is 0 Å². The number of halogens is 1. The largest absolute Gasteiger partial charge is 0.345 e. The number of fused-ring (bicyclic) bond motifs is 2. The van der Waals surface area contributed by atoms with Crippen LogP contribution in [0, 0.1) is 0 Å². The second-order valence-electron chi connectivity index (χ2n) is 5.97. The molecule has 0 saturated carbocycles. The quantitative estimate of drug-likeness (QED) is 0.567. The van der Waals surface area contributed by atoms with Crippen LogP contribution in [0.25, 0.3) is 21.8 Å². The molecule has 0 bridgehead atoms. The van der Waals surface area contributed by atoms with E-state index >= 15 is 0 Å². The van der Waals surface area contributed by atoms with E-state index in [1.165, 1.54) is 0 Å². The number of hydrogen-bond donors (Lipinski definition) is 1. The molecule has 3 heterocycles. The molecule has 6 heteroatoms. The average molecular weight is 395 g/mol. The van der Waals surface area contributed by atoms with Crippen LogP contribution in [0.2, 0.25) is 0 Å². The normalized spacial score (nSPS) is 11.1. The van der Waals surface area contributed by atoms with Crippen molar-refractivity contribution >= 4 is 43.6 Å². The van der Waals surface area contributed by atoms with Crippen LogP contribution in [-0.4, -0.2) is 32.8 Å². The molecule has 3 aromatic heterocycles. The molecule has 0 aliphatic rings. The Morgan fingerprint density at radius 3 is 2.96 bits per heavy atom. The van der Waals surface area contributed by atoms with E-state index in [-0.39, 0.29) is 5.91 Å². The van der Waals surface area contributed by atoms with Crippen molar-refractivity contribution in [2.75, 3.05) is 7.05 Å². The lowest BCUT2D eigenvalue weighted by Crippen LogP contribution is -2.26. The third-order valence-corrected chi connectivity index (χ3v) is 4.63. The van der Waals surface area contributed by atoms with Gasteiger partial charge in [0.15, 0.2) is 0 Å². The molecule has 0 atom stereocenters. The van der Waals surface area contributed by atoms with Crippen molar-refractivity contribution in [2.45, 2.75) is 6.54 Å². The van der Waals surface area contributed by atoms with Gasteiger partial charge in [-0.25, -0.2) is 4.98 Å². The highest BCUT2D eigenvalue weighted by molar-refractivity contribution is 9.10. The lowest BCUT2D eigenvalue weighted by Gasteiger charge is -2.17. The van der Waals surface area contributed by atoms with Crippen molar-refractivity contribution in [1.29, 1.82) is 0 Å². The van der Waals surface area contributed by atoms with Gasteiger partial charge in [-0.05, 0) is 45.1 Å². The van der Waals surface area contributed by atoms with E-state index < -0.39 is 0 Å². The van der Waals surface area contributed by atoms with Gasteiger partial charge >= 0.3 is 0 Å². The summed E-state index contributed by atoms with van der Waals surface area (Å²) in [5.41, 5.74) is 2.41. The number of aromatic amines is 1. The minimum absolute atomic E-state index is 0.0408. The van der Waals surface area contributed by atoms with E-state index in [0.717, 1.165) is 26.2 Å². The summed E-state index contributed by atoms with van der Waals surface area (Å²) >= 11 is 3.41. The number of amides is 1. The van der Waals surface area contributed by atoms with Gasteiger partial charge in [0.1, 0.15) is 5.65 Å². The molecule has 4 rings (SSSR count). The van der Waals surface area contributed by atoms with Gasteiger partial charge < -0.3 is 9.88 Å². The first-order valence-corrected chi connectivity index (χ1v) is 8.62. The van der Waals surface area contributed by atoms with Crippen LogP contribution in [0.1, 0.15) is 15.9 Å². The van der Waals surface area contributed by atoms with Gasteiger partial charge in [-0.1, -0.05) is 12.1 Å². The number of H-pyrrole nitrogens is 1. The van der Waals surface area contributed by atoms with Crippen molar-refractivity contribution in [3.05, 3.63) is 70.7 Å². The van der Waals surface area contributed by atoms with Crippen LogP contribution in [0.4, 0.5) is 0 Å². The van der Waals surface area contributed by atoms with E-state index in [9.17, 15) is 4.79 Å². The average Bonchev–Trinajstić information content (AvgIpc) is 3.04. The van der Waals surface area contributed by atoms with Crippen LogP contribution in [0.3, 0.4) is 0 Å². The second kappa shape index (κ2) is 6.29. The number of nitrogens with zero attached hydrogens (tertiary/aromatic N) is 3. The summed E-state index contributed by atoms with van der Waals surface area (Å²) in [6.07, 6.45) is 7.04. The Morgan fingerprint density at radius 2 is 2.08 bits per heavy atom. The Balaban J connectivity index is 1.61. The van der Waals surface area contributed by atoms with Crippen LogP contribution in [0.5, 0.6) is 0 Å². The molecule has 5 nitrogen and oxygen atoms in total. The third-order valence-electron chi connectivity index (χ3n) is 4.20. The highest BCUT2D eigenvalue weighted by Crippen LogP contribution is 2.22. The minimum Gasteiger partial charge on any atom is -0.345 e. The summed E-state index contributed by atoms with van der Waals surface area (Å²) in [6, 6.07) is 10.0. The fraction of sp³-hybridized carbons (Fsp3) is 0.105. The molecule has 0 aliphatic heterocycles. The number of rotatable bonds is 3. The summed E-state index contributed by atoms with van der Waals surface area (Å²) in [6.45, 7) is 0.533. The summed E-state index contributed by atoms with van der Waals surface area (Å²) in [7, 11) is 1.81. The number of nitrogens with one attached hydrogen (secondary N) is 1. The molecule has 1 amide bonds. The standard InChI is InChI=1S/C19H15BrN4O/c1-24(11-12-2-3-14-8-21-5-4-13(14)6-12)19(25)17-10-23-18-16(17)7-15(20)9-22-18/h2-10H,11H2,1H3,(H,22,23). The maximum absolute atomic E-state index is 12.9. The topological polar surface area (TPSA) is 61.9 Å². The second-order valence-corrected chi connectivity index (χ2v) is 6.89. The predicted octanol–water partition coefficient (Wildman–Crippen LogP) is 4.15. The van der Waals surface area contributed by atoms with Crippen molar-refractivity contribution in [1.82, 2.24) is 19.9 Å². The Labute approximate surface area is 152 Å². The first-order valence-electron chi connectivity index (χ1n) is 7.82. The minimum atomic E-state index is -0.0408. The van der Waals surface area contributed by atoms with E-state index in [1.807, 2.05) is 37.5 Å². The molecular weight excluding hydrogens is 380 g/mol. The zero-order valence-corrected chi connectivity index (χ0v) is 15.1. The van der Waals surface area contributed by atoms with Crippen LogP contribution in [0.15, 0.2) is 59.6 Å². The maximum Gasteiger partial charge on any atom is 0.256 e. The molecular formula is C19H15BrN4O. The summed E-state index contributed by atoms with van der Waals surface area (Å²) in [5.74, 6) is -0.0408. The Kier molecular flexibility index (Phi) is 3.97. The highest BCUT2D eigenvalue weighted by Gasteiger charge is 2.17. The van der Waals surface area contributed by atoms with Crippen molar-refractivity contribution in [3.63, 3.8) is 0 Å². The van der Waals surface area contributed by atoms with Gasteiger partial charge in [-0.2, -0.15) is 0 Å². The van der Waals surface area contributed by atoms with Gasteiger partial charge in [-0.15, -0.1) is 0 Å². The van der Waals surface area contributed by atoms with E-state index in [1.54, 1.807) is 23.5 Å². The summed E-state index contributed by atoms with van der Waals surface area (Å²) < 4.78 is 0.847. The monoisotopic (exact) mass is 394 g/mol. The smallest absolute Gasteiger partial charge is 0.256 e. The van der Waals surface area contributed by atoms with E-state index in [4.69, 9.17) is 0 Å². The first kappa shape index (κ1) is 15.8. The first-order chi connectivity index (χ1) is 12.1. The molecule has 124 valence electrons. The van der Waals surface area contributed by atoms with Crippen LogP contribution >= 0.6 is 15.9 Å². The Morgan fingerprint density at radius 1 is 1.20 bits per heavy atom. The molecule has 4 aromatic rings. The number of aromatic nitrogens is 3. The maximum atomic E-state index is 12.9. The number of pyridine rings is 2. The SMILES string of the molecule is CN(Cc1ccc2cnccc2c1)C(=O)c1c[nH]c2ncc(Br)cc12. The molecule has 0 spiro atoms. The van der Waals surface area contributed by atoms with Crippen molar-refractivity contribution in [3.8, 4) is 0 Å². The van der Waals surface area contributed by atoms with Gasteiger partial charge in [0, 0.05) is 53.6 Å². The van der Waals surface area contributed by atoms with Crippen molar-refractivity contribution in [2.24, 2.45) is 0 Å². The summed E-state index contributed by atoms with van der Waals surface area (Å²) in [5, 5.41) is 3.03. The molecule has 25 heavy (non-hydrogen) atoms. The Hall–Kier alpha value is -2.73. The third kappa shape index (κ3) is 3.00. The summed E-state index contributed by atoms with van der Waals surface area (Å²) in [4.78, 5) is 26.0. The van der Waals surface area contributed by atoms with Crippen LogP contribution in [-0.2, 0) is 6.54 Å². The van der Waals surface area contributed by atoms with Gasteiger partial charge in [0.2, 0.25) is 0 Å². The lowest BCUT2D eigenvalue weighted by atomic mass is 10.1. The Bertz CT molecular complexity index is 1090. The zero-order valence-electron chi connectivity index (χ0n) is 13.5. The zero-order chi connectivity index (χ0) is 17.4. The fourth-order valence-corrected chi connectivity index (χ4v) is 3.27. The molecule has 0 unspecified atom stereocenters. The number of carbonyl (C=O) groups is 1.